The number of benzene rings is 2. The van der Waals surface area contributed by atoms with Crippen LogP contribution in [0.2, 0.25) is 0 Å². The molecule has 0 radical (unpaired) electrons. The maximum Gasteiger partial charge on any atom is 0.335 e. The highest BCUT2D eigenvalue weighted by atomic mass is 19.1. The number of carboxylic acids is 1. The number of aromatic nitrogens is 3. The third-order valence-corrected chi connectivity index (χ3v) is 4.92. The van der Waals surface area contributed by atoms with Crippen molar-refractivity contribution in [1.82, 2.24) is 14.8 Å². The molecule has 0 amide bonds. The van der Waals surface area contributed by atoms with E-state index in [9.17, 15) is 19.4 Å². The van der Waals surface area contributed by atoms with Crippen molar-refractivity contribution in [3.05, 3.63) is 76.6 Å². The summed E-state index contributed by atoms with van der Waals surface area (Å²) in [6, 6.07) is 10.5. The lowest BCUT2D eigenvalue weighted by Gasteiger charge is -2.09. The van der Waals surface area contributed by atoms with Gasteiger partial charge in [-0.2, -0.15) is 0 Å². The fourth-order valence-electron chi connectivity index (χ4n) is 3.53. The Labute approximate surface area is 171 Å². The van der Waals surface area contributed by atoms with Crippen LogP contribution in [0, 0.1) is 12.7 Å². The minimum atomic E-state index is -0.994. The number of carboxylic acid groups (broad SMARTS) is 1. The van der Waals surface area contributed by atoms with Gasteiger partial charge in [0.25, 0.3) is 0 Å². The van der Waals surface area contributed by atoms with E-state index in [1.807, 2.05) is 18.4 Å². The van der Waals surface area contributed by atoms with E-state index in [0.717, 1.165) is 23.1 Å². The van der Waals surface area contributed by atoms with E-state index in [1.54, 1.807) is 24.3 Å². The van der Waals surface area contributed by atoms with Crippen molar-refractivity contribution in [3.8, 4) is 5.75 Å². The minimum absolute atomic E-state index is 0.195. The minimum Gasteiger partial charge on any atom is -0.505 e. The van der Waals surface area contributed by atoms with E-state index in [2.05, 4.69) is 15.2 Å². The fraction of sp³-hybridized carbons (Fsp3) is 0.182. The number of aromatic hydroxyl groups is 1. The molecule has 2 N–H and O–H groups in total. The van der Waals surface area contributed by atoms with Crippen LogP contribution in [0.3, 0.4) is 0 Å². The van der Waals surface area contributed by atoms with E-state index >= 15 is 0 Å². The topological polar surface area (TPSA) is 101 Å². The largest absolute Gasteiger partial charge is 0.505 e. The predicted molar refractivity (Wildman–Crippen MR) is 110 cm³/mol. The van der Waals surface area contributed by atoms with Gasteiger partial charge in [-0.3, -0.25) is 4.57 Å². The molecule has 0 saturated heterocycles. The lowest BCUT2D eigenvalue weighted by molar-refractivity contribution is 0.0697. The summed E-state index contributed by atoms with van der Waals surface area (Å²) >= 11 is 0. The number of fused-ring (bicyclic) bond motifs is 1. The van der Waals surface area contributed by atoms with E-state index in [1.165, 1.54) is 18.2 Å². The van der Waals surface area contributed by atoms with Crippen molar-refractivity contribution < 1.29 is 19.4 Å². The molecule has 1 aliphatic rings. The third-order valence-electron chi connectivity index (χ3n) is 4.92. The molecule has 1 aromatic heterocycles. The molecule has 3 aromatic rings. The van der Waals surface area contributed by atoms with Crippen LogP contribution in [0.1, 0.15) is 47.3 Å². The number of halogens is 1. The lowest BCUT2D eigenvalue weighted by atomic mass is 9.97. The van der Waals surface area contributed by atoms with E-state index in [-0.39, 0.29) is 5.56 Å². The Morgan fingerprint density at radius 3 is 2.53 bits per heavy atom. The number of aryl methyl sites for hydroxylation is 1. The number of phenolic OH excluding ortho intramolecular Hbond substituents is 1. The monoisotopic (exact) mass is 406 g/mol. The van der Waals surface area contributed by atoms with Gasteiger partial charge in [0.15, 0.2) is 17.4 Å². The number of carbonyl (C=O) groups is 1. The molecular formula is C22H19FN4O3. The summed E-state index contributed by atoms with van der Waals surface area (Å²) < 4.78 is 15.7. The van der Waals surface area contributed by atoms with Gasteiger partial charge in [0.05, 0.1) is 11.3 Å². The second kappa shape index (κ2) is 7.55. The quantitative estimate of drug-likeness (QED) is 0.657. The Morgan fingerprint density at radius 1 is 1.17 bits per heavy atom. The second-order valence-electron chi connectivity index (χ2n) is 6.96. The summed E-state index contributed by atoms with van der Waals surface area (Å²) in [7, 11) is 0. The Balaban J connectivity index is 1.92. The van der Waals surface area contributed by atoms with Crippen LogP contribution in [0.4, 0.5) is 10.1 Å². The molecule has 7 nitrogen and oxygen atoms in total. The smallest absolute Gasteiger partial charge is 0.335 e. The normalized spacial score (nSPS) is 14.4. The van der Waals surface area contributed by atoms with Gasteiger partial charge < -0.3 is 10.2 Å². The van der Waals surface area contributed by atoms with Crippen molar-refractivity contribution in [2.75, 3.05) is 0 Å². The van der Waals surface area contributed by atoms with Crippen LogP contribution >= 0.6 is 0 Å². The van der Waals surface area contributed by atoms with Gasteiger partial charge in [-0.1, -0.05) is 25.5 Å². The molecule has 0 spiro atoms. The second-order valence-corrected chi connectivity index (χ2v) is 6.96. The van der Waals surface area contributed by atoms with E-state index in [0.29, 0.717) is 29.6 Å². The summed E-state index contributed by atoms with van der Waals surface area (Å²) in [5, 5.41) is 27.1. The number of hydrogen-bond donors (Lipinski definition) is 2. The molecular weight excluding hydrogens is 387 g/mol. The first kappa shape index (κ1) is 19.5. The van der Waals surface area contributed by atoms with Gasteiger partial charge in [-0.25, -0.2) is 14.2 Å². The molecule has 0 fully saturated rings. The third kappa shape index (κ3) is 3.26. The van der Waals surface area contributed by atoms with Gasteiger partial charge in [0.2, 0.25) is 0 Å². The summed E-state index contributed by atoms with van der Waals surface area (Å²) in [6.07, 6.45) is 1.53. The zero-order valence-corrected chi connectivity index (χ0v) is 16.4. The summed E-state index contributed by atoms with van der Waals surface area (Å²) in [6.45, 7) is 3.85. The number of nitrogens with zero attached hydrogens (tertiary/aromatic N) is 4. The average Bonchev–Trinajstić information content (AvgIpc) is 3.23. The van der Waals surface area contributed by atoms with Gasteiger partial charge in [0, 0.05) is 17.2 Å². The first-order valence-electron chi connectivity index (χ1n) is 9.48. The number of aromatic carboxylic acids is 1. The first-order valence-corrected chi connectivity index (χ1v) is 9.48. The van der Waals surface area contributed by atoms with Gasteiger partial charge in [-0.05, 0) is 43.2 Å². The molecule has 0 saturated carbocycles. The Kier molecular flexibility index (Phi) is 4.91. The predicted octanol–water partition coefficient (Wildman–Crippen LogP) is 4.32. The van der Waals surface area contributed by atoms with Crippen LogP contribution in [-0.4, -0.2) is 36.8 Å². The van der Waals surface area contributed by atoms with Crippen LogP contribution in [0.15, 0.2) is 53.0 Å². The standard InChI is InChI=1S/C22H19FN4O3/c1-3-4-16-19(13-5-7-14(8-6-13)22(29)30)21-26-25-12(2)27(21)20(16)24-15-9-10-18(28)17(23)11-15/h5-11,28H,3-4H2,1-2H3,(H,29,30). The molecule has 152 valence electrons. The molecule has 0 atom stereocenters. The Morgan fingerprint density at radius 2 is 1.90 bits per heavy atom. The van der Waals surface area contributed by atoms with Crippen molar-refractivity contribution in [2.24, 2.45) is 4.99 Å². The maximum absolute atomic E-state index is 13.8. The zero-order chi connectivity index (χ0) is 21.4. The van der Waals surface area contributed by atoms with Crippen molar-refractivity contribution in [3.63, 3.8) is 0 Å². The Bertz CT molecular complexity index is 1210. The molecule has 8 heteroatoms. The molecule has 0 unspecified atom stereocenters. The average molecular weight is 406 g/mol. The molecule has 4 rings (SSSR count). The van der Waals surface area contributed by atoms with E-state index < -0.39 is 17.5 Å². The van der Waals surface area contributed by atoms with E-state index in [4.69, 9.17) is 0 Å². The van der Waals surface area contributed by atoms with Crippen LogP contribution in [0.5, 0.6) is 5.75 Å². The van der Waals surface area contributed by atoms with Crippen molar-refractivity contribution >= 4 is 23.1 Å². The maximum atomic E-state index is 13.8. The van der Waals surface area contributed by atoms with Crippen LogP contribution in [-0.2, 0) is 0 Å². The molecule has 1 aliphatic heterocycles. The number of aliphatic imine (C=N–C) groups is 1. The lowest BCUT2D eigenvalue weighted by Crippen LogP contribution is -2.12. The first-order chi connectivity index (χ1) is 14.4. The summed E-state index contributed by atoms with van der Waals surface area (Å²) in [5.41, 5.74) is 3.10. The molecule has 2 heterocycles. The molecule has 30 heavy (non-hydrogen) atoms. The number of allylic oxidation sites excluding steroid dienone is 1. The van der Waals surface area contributed by atoms with Gasteiger partial charge in [0.1, 0.15) is 11.7 Å². The highest BCUT2D eigenvalue weighted by molar-refractivity contribution is 6.14. The van der Waals surface area contributed by atoms with Crippen LogP contribution in [0.25, 0.3) is 5.57 Å². The SMILES string of the molecule is CCCC1=C(c2ccc(C(=O)O)cc2)c2nnc(C)n2C1=Nc1ccc(O)c(F)c1. The number of rotatable bonds is 5. The van der Waals surface area contributed by atoms with Crippen molar-refractivity contribution in [2.45, 2.75) is 26.7 Å². The van der Waals surface area contributed by atoms with Gasteiger partial charge in [-0.15, -0.1) is 10.2 Å². The molecule has 0 aliphatic carbocycles. The van der Waals surface area contributed by atoms with Crippen molar-refractivity contribution in [1.29, 1.82) is 0 Å². The van der Waals surface area contributed by atoms with Crippen LogP contribution < -0.4 is 0 Å². The highest BCUT2D eigenvalue weighted by Crippen LogP contribution is 2.37. The van der Waals surface area contributed by atoms with Gasteiger partial charge >= 0.3 is 5.97 Å². The fourth-order valence-corrected chi connectivity index (χ4v) is 3.53. The summed E-state index contributed by atoms with van der Waals surface area (Å²) in [4.78, 5) is 15.9. The number of hydrogen-bond acceptors (Lipinski definition) is 5. The Hall–Kier alpha value is -3.81. The zero-order valence-electron chi connectivity index (χ0n) is 16.4. The summed E-state index contributed by atoms with van der Waals surface area (Å²) in [5.74, 6) is -0.343. The number of phenols is 1. The molecule has 2 aromatic carbocycles. The molecule has 0 bridgehead atoms. The highest BCUT2D eigenvalue weighted by Gasteiger charge is 2.31.